The van der Waals surface area contributed by atoms with Crippen LogP contribution in [0.15, 0.2) is 6.07 Å². The van der Waals surface area contributed by atoms with Crippen molar-refractivity contribution < 1.29 is 8.42 Å². The summed E-state index contributed by atoms with van der Waals surface area (Å²) >= 11 is 0. The SMILES string of the molecule is CCS(=O)(=O)n1nc(C)cc1C. The van der Waals surface area contributed by atoms with Crippen molar-refractivity contribution in [2.75, 3.05) is 5.75 Å². The molecule has 0 spiro atoms. The Hall–Kier alpha value is -0.840. The molecule has 1 aromatic rings. The van der Waals surface area contributed by atoms with Crippen molar-refractivity contribution in [2.45, 2.75) is 20.8 Å². The van der Waals surface area contributed by atoms with E-state index in [-0.39, 0.29) is 5.75 Å². The molecule has 0 aromatic carbocycles. The van der Waals surface area contributed by atoms with Gasteiger partial charge < -0.3 is 0 Å². The Morgan fingerprint density at radius 2 is 2.08 bits per heavy atom. The van der Waals surface area contributed by atoms with Crippen LogP contribution in [0.3, 0.4) is 0 Å². The Morgan fingerprint density at radius 3 is 2.42 bits per heavy atom. The maximum atomic E-state index is 11.3. The topological polar surface area (TPSA) is 52.0 Å². The normalized spacial score (nSPS) is 11.9. The minimum Gasteiger partial charge on any atom is -0.205 e. The largest absolute Gasteiger partial charge is 0.253 e. The van der Waals surface area contributed by atoms with Gasteiger partial charge in [-0.3, -0.25) is 0 Å². The zero-order valence-corrected chi connectivity index (χ0v) is 8.22. The highest BCUT2D eigenvalue weighted by atomic mass is 32.2. The molecule has 5 heteroatoms. The Morgan fingerprint density at radius 1 is 1.50 bits per heavy atom. The molecule has 0 saturated carbocycles. The third kappa shape index (κ3) is 1.50. The van der Waals surface area contributed by atoms with Crippen LogP contribution >= 0.6 is 0 Å². The molecule has 1 aromatic heterocycles. The molecule has 1 heterocycles. The lowest BCUT2D eigenvalue weighted by molar-refractivity contribution is 0.579. The fourth-order valence-corrected chi connectivity index (χ4v) is 2.00. The second-order valence-corrected chi connectivity index (χ2v) is 4.76. The molecule has 1 rings (SSSR count). The number of hydrogen-bond acceptors (Lipinski definition) is 3. The summed E-state index contributed by atoms with van der Waals surface area (Å²) < 4.78 is 23.8. The zero-order chi connectivity index (χ0) is 9.35. The molecule has 4 nitrogen and oxygen atoms in total. The second-order valence-electron chi connectivity index (χ2n) is 2.67. The van der Waals surface area contributed by atoms with Crippen LogP contribution in [-0.4, -0.2) is 23.4 Å². The van der Waals surface area contributed by atoms with Gasteiger partial charge in [0.25, 0.3) is 10.0 Å². The van der Waals surface area contributed by atoms with Crippen LogP contribution in [0.2, 0.25) is 0 Å². The van der Waals surface area contributed by atoms with Crippen molar-refractivity contribution in [3.8, 4) is 0 Å². The minimum absolute atomic E-state index is 0.0783. The number of nitrogens with zero attached hydrogens (tertiary/aromatic N) is 2. The first kappa shape index (κ1) is 9.25. The van der Waals surface area contributed by atoms with Crippen molar-refractivity contribution >= 4 is 10.0 Å². The highest BCUT2D eigenvalue weighted by Crippen LogP contribution is 2.05. The van der Waals surface area contributed by atoms with E-state index in [1.807, 2.05) is 0 Å². The van der Waals surface area contributed by atoms with Gasteiger partial charge in [-0.25, -0.2) is 8.42 Å². The van der Waals surface area contributed by atoms with Gasteiger partial charge in [-0.15, -0.1) is 0 Å². The molecule has 0 aliphatic rings. The predicted molar refractivity (Wildman–Crippen MR) is 46.6 cm³/mol. The zero-order valence-electron chi connectivity index (χ0n) is 7.40. The number of hydrogen-bond donors (Lipinski definition) is 0. The van der Waals surface area contributed by atoms with Gasteiger partial charge in [0, 0.05) is 0 Å². The summed E-state index contributed by atoms with van der Waals surface area (Å²) in [5, 5.41) is 3.88. The van der Waals surface area contributed by atoms with E-state index in [0.29, 0.717) is 5.69 Å². The first-order valence-electron chi connectivity index (χ1n) is 3.74. The van der Waals surface area contributed by atoms with E-state index in [2.05, 4.69) is 5.10 Å². The maximum Gasteiger partial charge on any atom is 0.253 e. The van der Waals surface area contributed by atoms with E-state index in [4.69, 9.17) is 0 Å². The van der Waals surface area contributed by atoms with Gasteiger partial charge in [-0.2, -0.15) is 9.19 Å². The molecule has 0 N–H and O–H groups in total. The highest BCUT2D eigenvalue weighted by molar-refractivity contribution is 7.89. The molecule has 0 bridgehead atoms. The summed E-state index contributed by atoms with van der Waals surface area (Å²) in [7, 11) is -3.20. The molecule has 0 radical (unpaired) electrons. The average molecular weight is 188 g/mol. The standard InChI is InChI=1S/C7H12N2O2S/c1-4-12(10,11)9-7(3)5-6(2)8-9/h5H,4H2,1-3H3. The molecule has 0 atom stereocenters. The molecule has 0 saturated heterocycles. The summed E-state index contributed by atoms with van der Waals surface area (Å²) in [6, 6.07) is 1.74. The molecule has 0 fully saturated rings. The molecular formula is C7H12N2O2S. The maximum absolute atomic E-state index is 11.3. The fraction of sp³-hybridized carbons (Fsp3) is 0.571. The van der Waals surface area contributed by atoms with Crippen LogP contribution in [0.25, 0.3) is 0 Å². The molecule has 0 aliphatic carbocycles. The fourth-order valence-electron chi connectivity index (χ4n) is 1.01. The van der Waals surface area contributed by atoms with Crippen molar-refractivity contribution in [1.82, 2.24) is 9.19 Å². The van der Waals surface area contributed by atoms with Gasteiger partial charge in [0.05, 0.1) is 17.1 Å². The summed E-state index contributed by atoms with van der Waals surface area (Å²) in [6.07, 6.45) is 0. The highest BCUT2D eigenvalue weighted by Gasteiger charge is 2.13. The van der Waals surface area contributed by atoms with Gasteiger partial charge in [-0.05, 0) is 26.8 Å². The average Bonchev–Trinajstić information content (AvgIpc) is 2.31. The lowest BCUT2D eigenvalue weighted by Crippen LogP contribution is -2.17. The van der Waals surface area contributed by atoms with Crippen LogP contribution in [0.1, 0.15) is 18.3 Å². The second kappa shape index (κ2) is 2.90. The molecule has 0 aliphatic heterocycles. The molecule has 0 amide bonds. The van der Waals surface area contributed by atoms with Crippen molar-refractivity contribution in [3.05, 3.63) is 17.5 Å². The van der Waals surface area contributed by atoms with Gasteiger partial charge >= 0.3 is 0 Å². The third-order valence-electron chi connectivity index (χ3n) is 1.60. The summed E-state index contributed by atoms with van der Waals surface area (Å²) in [5.74, 6) is 0.0783. The van der Waals surface area contributed by atoms with E-state index in [1.54, 1.807) is 26.8 Å². The van der Waals surface area contributed by atoms with Crippen LogP contribution < -0.4 is 0 Å². The predicted octanol–water partition coefficient (Wildman–Crippen LogP) is 0.698. The summed E-state index contributed by atoms with van der Waals surface area (Å²) in [6.45, 7) is 5.10. The molecule has 12 heavy (non-hydrogen) atoms. The first-order chi connectivity index (χ1) is 5.47. The Bertz CT molecular complexity index is 378. The number of rotatable bonds is 2. The third-order valence-corrected chi connectivity index (χ3v) is 3.22. The van der Waals surface area contributed by atoms with Crippen LogP contribution in [-0.2, 0) is 10.0 Å². The Labute approximate surface area is 72.3 Å². The van der Waals surface area contributed by atoms with Gasteiger partial charge in [0.1, 0.15) is 0 Å². The van der Waals surface area contributed by atoms with Crippen molar-refractivity contribution in [1.29, 1.82) is 0 Å². The van der Waals surface area contributed by atoms with Crippen LogP contribution in [0, 0.1) is 13.8 Å². The molecule has 0 unspecified atom stereocenters. The smallest absolute Gasteiger partial charge is 0.205 e. The van der Waals surface area contributed by atoms with Crippen LogP contribution in [0.5, 0.6) is 0 Å². The minimum atomic E-state index is -3.20. The summed E-state index contributed by atoms with van der Waals surface area (Å²) in [4.78, 5) is 0. The summed E-state index contributed by atoms with van der Waals surface area (Å²) in [5.41, 5.74) is 1.39. The molecular weight excluding hydrogens is 176 g/mol. The van der Waals surface area contributed by atoms with Gasteiger partial charge in [0.15, 0.2) is 0 Å². The first-order valence-corrected chi connectivity index (χ1v) is 5.35. The number of aryl methyl sites for hydroxylation is 2. The van der Waals surface area contributed by atoms with Gasteiger partial charge in [-0.1, -0.05) is 0 Å². The number of aromatic nitrogens is 2. The quantitative estimate of drug-likeness (QED) is 0.686. The Kier molecular flexibility index (Phi) is 2.23. The monoisotopic (exact) mass is 188 g/mol. The Balaban J connectivity index is 3.29. The van der Waals surface area contributed by atoms with Crippen molar-refractivity contribution in [3.63, 3.8) is 0 Å². The van der Waals surface area contributed by atoms with E-state index < -0.39 is 10.0 Å². The van der Waals surface area contributed by atoms with Gasteiger partial charge in [0.2, 0.25) is 0 Å². The lowest BCUT2D eigenvalue weighted by atomic mass is 10.4. The van der Waals surface area contributed by atoms with Crippen LogP contribution in [0.4, 0.5) is 0 Å². The van der Waals surface area contributed by atoms with E-state index in [1.165, 1.54) is 0 Å². The van der Waals surface area contributed by atoms with E-state index in [0.717, 1.165) is 9.78 Å². The van der Waals surface area contributed by atoms with Crippen molar-refractivity contribution in [2.24, 2.45) is 0 Å². The van der Waals surface area contributed by atoms with E-state index in [9.17, 15) is 8.42 Å². The molecule has 68 valence electrons. The lowest BCUT2D eigenvalue weighted by Gasteiger charge is -2.01. The van der Waals surface area contributed by atoms with E-state index >= 15 is 0 Å².